The van der Waals surface area contributed by atoms with Crippen molar-refractivity contribution in [2.75, 3.05) is 0 Å². The van der Waals surface area contributed by atoms with Crippen LogP contribution in [0.15, 0.2) is 6.20 Å². The van der Waals surface area contributed by atoms with E-state index in [9.17, 15) is 0 Å². The number of aromatic amines is 1. The minimum Gasteiger partial charge on any atom is -0.337 e. The Labute approximate surface area is 97.7 Å². The van der Waals surface area contributed by atoms with Crippen molar-refractivity contribution >= 4 is 12.2 Å². The van der Waals surface area contributed by atoms with Crippen LogP contribution in [0.5, 0.6) is 0 Å². The van der Waals surface area contributed by atoms with E-state index in [2.05, 4.69) is 43.4 Å². The zero-order valence-corrected chi connectivity index (χ0v) is 11.1. The molecule has 2 nitrogen and oxygen atoms in total. The SMILES string of the molecule is CCc1c[nH]c(=S)n1C(CC)(CC)CC. The first kappa shape index (κ1) is 12.5. The third-order valence-electron chi connectivity index (χ3n) is 3.66. The van der Waals surface area contributed by atoms with E-state index in [1.54, 1.807) is 0 Å². The molecule has 0 fully saturated rings. The number of rotatable bonds is 5. The molecule has 1 heterocycles. The monoisotopic (exact) mass is 226 g/mol. The number of imidazole rings is 1. The van der Waals surface area contributed by atoms with Crippen molar-refractivity contribution < 1.29 is 0 Å². The van der Waals surface area contributed by atoms with Gasteiger partial charge in [0, 0.05) is 17.4 Å². The van der Waals surface area contributed by atoms with Crippen LogP contribution >= 0.6 is 12.2 Å². The van der Waals surface area contributed by atoms with E-state index in [-0.39, 0.29) is 5.54 Å². The summed E-state index contributed by atoms with van der Waals surface area (Å²) in [6.45, 7) is 8.93. The summed E-state index contributed by atoms with van der Waals surface area (Å²) in [7, 11) is 0. The third-order valence-corrected chi connectivity index (χ3v) is 3.96. The number of H-pyrrole nitrogens is 1. The first-order valence-electron chi connectivity index (χ1n) is 5.94. The standard InChI is InChI=1S/C12H22N2S/c1-5-10-9-13-11(15)14(10)12(6-2,7-3)8-4/h9H,5-8H2,1-4H3,(H,13,15). The van der Waals surface area contributed by atoms with Crippen molar-refractivity contribution in [1.82, 2.24) is 9.55 Å². The molecule has 15 heavy (non-hydrogen) atoms. The van der Waals surface area contributed by atoms with Gasteiger partial charge in [-0.1, -0.05) is 27.7 Å². The molecule has 1 aromatic heterocycles. The summed E-state index contributed by atoms with van der Waals surface area (Å²) in [5, 5.41) is 0. The Bertz CT molecular complexity index is 350. The van der Waals surface area contributed by atoms with Gasteiger partial charge in [-0.15, -0.1) is 0 Å². The van der Waals surface area contributed by atoms with Gasteiger partial charge in [0.1, 0.15) is 0 Å². The number of hydrogen-bond donors (Lipinski definition) is 1. The van der Waals surface area contributed by atoms with Gasteiger partial charge in [-0.3, -0.25) is 0 Å². The zero-order valence-electron chi connectivity index (χ0n) is 10.3. The summed E-state index contributed by atoms with van der Waals surface area (Å²) < 4.78 is 3.21. The number of nitrogens with one attached hydrogen (secondary N) is 1. The average Bonchev–Trinajstić information content (AvgIpc) is 2.65. The topological polar surface area (TPSA) is 20.7 Å². The fourth-order valence-electron chi connectivity index (χ4n) is 2.41. The van der Waals surface area contributed by atoms with E-state index in [1.807, 2.05) is 0 Å². The summed E-state index contributed by atoms with van der Waals surface area (Å²) >= 11 is 5.39. The van der Waals surface area contributed by atoms with Crippen LogP contribution in [0.25, 0.3) is 0 Å². The summed E-state index contributed by atoms with van der Waals surface area (Å²) in [6, 6.07) is 0. The van der Waals surface area contributed by atoms with Gasteiger partial charge in [0.15, 0.2) is 4.77 Å². The first-order chi connectivity index (χ1) is 7.15. The fourth-order valence-corrected chi connectivity index (χ4v) is 2.78. The van der Waals surface area contributed by atoms with Gasteiger partial charge in [0.25, 0.3) is 0 Å². The van der Waals surface area contributed by atoms with E-state index in [4.69, 9.17) is 12.2 Å². The van der Waals surface area contributed by atoms with E-state index >= 15 is 0 Å². The first-order valence-corrected chi connectivity index (χ1v) is 6.35. The maximum Gasteiger partial charge on any atom is 0.177 e. The molecule has 0 aliphatic carbocycles. The lowest BCUT2D eigenvalue weighted by Gasteiger charge is -2.34. The highest BCUT2D eigenvalue weighted by molar-refractivity contribution is 7.71. The van der Waals surface area contributed by atoms with Crippen molar-refractivity contribution in [3.05, 3.63) is 16.7 Å². The van der Waals surface area contributed by atoms with Gasteiger partial charge in [-0.05, 0) is 37.9 Å². The Balaban J connectivity index is 3.33. The van der Waals surface area contributed by atoms with Crippen LogP contribution in [-0.2, 0) is 12.0 Å². The molecule has 1 N–H and O–H groups in total. The highest BCUT2D eigenvalue weighted by Crippen LogP contribution is 2.31. The number of aryl methyl sites for hydroxylation is 1. The largest absolute Gasteiger partial charge is 0.337 e. The fraction of sp³-hybridized carbons (Fsp3) is 0.750. The second kappa shape index (κ2) is 4.97. The predicted molar refractivity (Wildman–Crippen MR) is 67.8 cm³/mol. The van der Waals surface area contributed by atoms with Crippen molar-refractivity contribution in [2.24, 2.45) is 0 Å². The minimum atomic E-state index is 0.211. The summed E-state index contributed by atoms with van der Waals surface area (Å²) in [5.74, 6) is 0. The molecule has 0 saturated heterocycles. The van der Waals surface area contributed by atoms with Gasteiger partial charge >= 0.3 is 0 Å². The maximum absolute atomic E-state index is 5.39. The Kier molecular flexibility index (Phi) is 4.14. The maximum atomic E-state index is 5.39. The third kappa shape index (κ3) is 2.03. The quantitative estimate of drug-likeness (QED) is 0.752. The molecule has 0 saturated carbocycles. The molecule has 0 aromatic carbocycles. The highest BCUT2D eigenvalue weighted by Gasteiger charge is 2.28. The number of aromatic nitrogens is 2. The van der Waals surface area contributed by atoms with Crippen molar-refractivity contribution in [2.45, 2.75) is 58.9 Å². The van der Waals surface area contributed by atoms with E-state index in [0.29, 0.717) is 0 Å². The molecule has 0 radical (unpaired) electrons. The molecule has 0 bridgehead atoms. The molecule has 0 aliphatic rings. The smallest absolute Gasteiger partial charge is 0.177 e. The molecule has 0 atom stereocenters. The zero-order chi connectivity index (χ0) is 11.5. The number of nitrogens with zero attached hydrogens (tertiary/aromatic N) is 1. The van der Waals surface area contributed by atoms with Crippen molar-refractivity contribution in [3.63, 3.8) is 0 Å². The summed E-state index contributed by atoms with van der Waals surface area (Å²) in [5.41, 5.74) is 1.54. The van der Waals surface area contributed by atoms with Crippen LogP contribution < -0.4 is 0 Å². The summed E-state index contributed by atoms with van der Waals surface area (Å²) in [6.07, 6.45) is 6.50. The lowest BCUT2D eigenvalue weighted by atomic mass is 9.89. The second-order valence-corrected chi connectivity index (χ2v) is 4.45. The normalized spacial score (nSPS) is 12.0. The van der Waals surface area contributed by atoms with Gasteiger partial charge < -0.3 is 9.55 Å². The minimum absolute atomic E-state index is 0.211. The number of hydrogen-bond acceptors (Lipinski definition) is 1. The van der Waals surface area contributed by atoms with Gasteiger partial charge in [-0.2, -0.15) is 0 Å². The Hall–Kier alpha value is -0.570. The van der Waals surface area contributed by atoms with E-state index in [0.717, 1.165) is 30.5 Å². The molecule has 1 rings (SSSR count). The molecule has 0 spiro atoms. The molecule has 1 aromatic rings. The van der Waals surface area contributed by atoms with Crippen molar-refractivity contribution in [3.8, 4) is 0 Å². The molecular weight excluding hydrogens is 204 g/mol. The molecule has 3 heteroatoms. The molecule has 0 amide bonds. The Morgan fingerprint density at radius 1 is 1.20 bits per heavy atom. The van der Waals surface area contributed by atoms with Crippen LogP contribution in [0.3, 0.4) is 0 Å². The van der Waals surface area contributed by atoms with Crippen LogP contribution in [0.4, 0.5) is 0 Å². The Morgan fingerprint density at radius 2 is 1.73 bits per heavy atom. The molecule has 86 valence electrons. The van der Waals surface area contributed by atoms with Crippen LogP contribution in [0.2, 0.25) is 0 Å². The highest BCUT2D eigenvalue weighted by atomic mass is 32.1. The van der Waals surface area contributed by atoms with Gasteiger partial charge in [-0.25, -0.2) is 0 Å². The molecule has 0 aliphatic heterocycles. The van der Waals surface area contributed by atoms with Crippen LogP contribution in [-0.4, -0.2) is 9.55 Å². The lowest BCUT2D eigenvalue weighted by Crippen LogP contribution is -2.33. The lowest BCUT2D eigenvalue weighted by molar-refractivity contribution is 0.241. The summed E-state index contributed by atoms with van der Waals surface area (Å²) in [4.78, 5) is 3.17. The van der Waals surface area contributed by atoms with Gasteiger partial charge in [0.05, 0.1) is 0 Å². The average molecular weight is 226 g/mol. The molecule has 0 unspecified atom stereocenters. The van der Waals surface area contributed by atoms with Crippen LogP contribution in [0.1, 0.15) is 52.7 Å². The van der Waals surface area contributed by atoms with Crippen LogP contribution in [0, 0.1) is 4.77 Å². The molecular formula is C12H22N2S. The second-order valence-electron chi connectivity index (χ2n) is 4.06. The predicted octanol–water partition coefficient (Wildman–Crippen LogP) is 4.03. The van der Waals surface area contributed by atoms with E-state index < -0.39 is 0 Å². The van der Waals surface area contributed by atoms with E-state index in [1.165, 1.54) is 5.69 Å². The van der Waals surface area contributed by atoms with Crippen molar-refractivity contribution in [1.29, 1.82) is 0 Å². The Morgan fingerprint density at radius 3 is 2.13 bits per heavy atom. The van der Waals surface area contributed by atoms with Gasteiger partial charge in [0.2, 0.25) is 0 Å².